The second kappa shape index (κ2) is 6.80. The Bertz CT molecular complexity index is 1010. The molecule has 0 radical (unpaired) electrons. The fourth-order valence-electron chi connectivity index (χ4n) is 2.05. The van der Waals surface area contributed by atoms with Gasteiger partial charge in [0.2, 0.25) is 0 Å². The highest BCUT2D eigenvalue weighted by atomic mass is 79.9. The average Bonchev–Trinajstić information content (AvgIpc) is 2.55. The van der Waals surface area contributed by atoms with E-state index in [0.29, 0.717) is 15.4 Å². The SMILES string of the molecule is O=C(/C=C/c1cc(Br)ccc1F)Oc1ccc2ccc(=O)oc2c1. The van der Waals surface area contributed by atoms with Gasteiger partial charge in [0.1, 0.15) is 17.1 Å². The van der Waals surface area contributed by atoms with Crippen LogP contribution in [0.25, 0.3) is 17.0 Å². The van der Waals surface area contributed by atoms with Crippen LogP contribution in [0.3, 0.4) is 0 Å². The molecule has 4 nitrogen and oxygen atoms in total. The quantitative estimate of drug-likeness (QED) is 0.290. The lowest BCUT2D eigenvalue weighted by atomic mass is 10.2. The summed E-state index contributed by atoms with van der Waals surface area (Å²) >= 11 is 3.23. The van der Waals surface area contributed by atoms with Crippen LogP contribution in [-0.2, 0) is 4.79 Å². The third-order valence-electron chi connectivity index (χ3n) is 3.17. The largest absolute Gasteiger partial charge is 0.423 e. The molecule has 3 rings (SSSR count). The van der Waals surface area contributed by atoms with Crippen molar-refractivity contribution in [1.82, 2.24) is 0 Å². The first kappa shape index (κ1) is 16.1. The van der Waals surface area contributed by atoms with Crippen LogP contribution in [0.5, 0.6) is 5.75 Å². The fraction of sp³-hybridized carbons (Fsp3) is 0. The monoisotopic (exact) mass is 388 g/mol. The lowest BCUT2D eigenvalue weighted by Crippen LogP contribution is -2.04. The van der Waals surface area contributed by atoms with Crippen LogP contribution in [-0.4, -0.2) is 5.97 Å². The Balaban J connectivity index is 1.78. The molecule has 0 amide bonds. The number of carbonyl (C=O) groups excluding carboxylic acids is 1. The molecule has 24 heavy (non-hydrogen) atoms. The minimum absolute atomic E-state index is 0.223. The van der Waals surface area contributed by atoms with Gasteiger partial charge in [-0.15, -0.1) is 0 Å². The fourth-order valence-corrected chi connectivity index (χ4v) is 2.43. The Hall–Kier alpha value is -2.73. The Kier molecular flexibility index (Phi) is 4.57. The number of rotatable bonds is 3. The molecule has 0 aliphatic carbocycles. The van der Waals surface area contributed by atoms with Gasteiger partial charge in [-0.05, 0) is 42.5 Å². The van der Waals surface area contributed by atoms with Gasteiger partial charge in [-0.2, -0.15) is 0 Å². The van der Waals surface area contributed by atoms with Gasteiger partial charge in [-0.25, -0.2) is 14.0 Å². The zero-order valence-corrected chi connectivity index (χ0v) is 13.7. The van der Waals surface area contributed by atoms with Crippen molar-refractivity contribution in [1.29, 1.82) is 0 Å². The van der Waals surface area contributed by atoms with Crippen LogP contribution in [0.4, 0.5) is 4.39 Å². The van der Waals surface area contributed by atoms with E-state index in [1.165, 1.54) is 24.3 Å². The van der Waals surface area contributed by atoms with Crippen molar-refractivity contribution in [2.75, 3.05) is 0 Å². The van der Waals surface area contributed by atoms with E-state index >= 15 is 0 Å². The molecule has 0 aliphatic rings. The molecular formula is C18H10BrFO4. The lowest BCUT2D eigenvalue weighted by Gasteiger charge is -2.03. The first-order valence-corrected chi connectivity index (χ1v) is 7.69. The minimum atomic E-state index is -0.674. The van der Waals surface area contributed by atoms with Crippen molar-refractivity contribution >= 4 is 38.9 Å². The molecule has 0 unspecified atom stereocenters. The topological polar surface area (TPSA) is 56.5 Å². The maximum atomic E-state index is 13.6. The van der Waals surface area contributed by atoms with E-state index in [1.807, 2.05) is 0 Å². The smallest absolute Gasteiger partial charge is 0.336 e. The number of carbonyl (C=O) groups is 1. The van der Waals surface area contributed by atoms with E-state index < -0.39 is 17.4 Å². The van der Waals surface area contributed by atoms with Crippen molar-refractivity contribution in [3.05, 3.63) is 80.9 Å². The van der Waals surface area contributed by atoms with Crippen molar-refractivity contribution < 1.29 is 18.3 Å². The zero-order chi connectivity index (χ0) is 17.1. The molecule has 0 bridgehead atoms. The molecule has 3 aromatic rings. The van der Waals surface area contributed by atoms with E-state index in [2.05, 4.69) is 15.9 Å². The lowest BCUT2D eigenvalue weighted by molar-refractivity contribution is -0.128. The predicted molar refractivity (Wildman–Crippen MR) is 91.3 cm³/mol. The maximum absolute atomic E-state index is 13.6. The Labute approximate surface area is 144 Å². The number of benzene rings is 2. The maximum Gasteiger partial charge on any atom is 0.336 e. The van der Waals surface area contributed by atoms with Gasteiger partial charge in [-0.1, -0.05) is 15.9 Å². The van der Waals surface area contributed by atoms with Crippen LogP contribution < -0.4 is 10.4 Å². The summed E-state index contributed by atoms with van der Waals surface area (Å²) in [4.78, 5) is 23.1. The molecule has 0 fully saturated rings. The Morgan fingerprint density at radius 2 is 1.92 bits per heavy atom. The van der Waals surface area contributed by atoms with Crippen molar-refractivity contribution in [2.45, 2.75) is 0 Å². The number of hydrogen-bond donors (Lipinski definition) is 0. The molecule has 0 atom stereocenters. The summed E-state index contributed by atoms with van der Waals surface area (Å²) in [6, 6.07) is 12.0. The first-order chi connectivity index (χ1) is 11.5. The molecule has 0 saturated heterocycles. The predicted octanol–water partition coefficient (Wildman–Crippen LogP) is 4.31. The molecule has 0 spiro atoms. The van der Waals surface area contributed by atoms with Crippen molar-refractivity contribution in [3.63, 3.8) is 0 Å². The van der Waals surface area contributed by atoms with E-state index in [9.17, 15) is 14.0 Å². The minimum Gasteiger partial charge on any atom is -0.423 e. The summed E-state index contributed by atoms with van der Waals surface area (Å²) < 4.78 is 24.4. The summed E-state index contributed by atoms with van der Waals surface area (Å²) in [5, 5.41) is 0.709. The van der Waals surface area contributed by atoms with Crippen molar-refractivity contribution in [3.8, 4) is 5.75 Å². The molecule has 0 aliphatic heterocycles. The third-order valence-corrected chi connectivity index (χ3v) is 3.66. The Morgan fingerprint density at radius 3 is 2.75 bits per heavy atom. The summed E-state index contributed by atoms with van der Waals surface area (Å²) in [5.74, 6) is -0.900. The molecule has 6 heteroatoms. The van der Waals surface area contributed by atoms with Crippen LogP contribution in [0.1, 0.15) is 5.56 Å². The highest BCUT2D eigenvalue weighted by Crippen LogP contribution is 2.20. The molecule has 1 heterocycles. The number of ether oxygens (including phenoxy) is 1. The number of hydrogen-bond acceptors (Lipinski definition) is 4. The van der Waals surface area contributed by atoms with E-state index in [4.69, 9.17) is 9.15 Å². The third kappa shape index (κ3) is 3.78. The number of halogens is 2. The van der Waals surface area contributed by atoms with Gasteiger partial charge >= 0.3 is 11.6 Å². The van der Waals surface area contributed by atoms with Crippen LogP contribution in [0.2, 0.25) is 0 Å². The zero-order valence-electron chi connectivity index (χ0n) is 12.2. The average molecular weight is 389 g/mol. The van der Waals surface area contributed by atoms with Crippen molar-refractivity contribution in [2.24, 2.45) is 0 Å². The van der Waals surface area contributed by atoms with Gasteiger partial charge in [0.25, 0.3) is 0 Å². The second-order valence-electron chi connectivity index (χ2n) is 4.87. The molecule has 0 N–H and O–H groups in total. The molecule has 0 saturated carbocycles. The van der Waals surface area contributed by atoms with Gasteiger partial charge in [0, 0.05) is 33.6 Å². The van der Waals surface area contributed by atoms with Gasteiger partial charge in [0.05, 0.1) is 0 Å². The second-order valence-corrected chi connectivity index (χ2v) is 5.79. The standard InChI is InChI=1S/C18H10BrFO4/c19-13-4-6-15(20)12(9-13)3-8-17(21)23-14-5-1-11-2-7-18(22)24-16(11)10-14/h1-10H/b8-3+. The Morgan fingerprint density at radius 1 is 1.12 bits per heavy atom. The van der Waals surface area contributed by atoms with Gasteiger partial charge in [-0.3, -0.25) is 0 Å². The highest BCUT2D eigenvalue weighted by Gasteiger charge is 2.05. The van der Waals surface area contributed by atoms with Gasteiger partial charge < -0.3 is 9.15 Å². The van der Waals surface area contributed by atoms with Crippen LogP contribution in [0, 0.1) is 5.82 Å². The van der Waals surface area contributed by atoms with Crippen LogP contribution in [0.15, 0.2) is 68.3 Å². The molecule has 120 valence electrons. The molecular weight excluding hydrogens is 379 g/mol. The summed E-state index contributed by atoms with van der Waals surface area (Å²) in [6.45, 7) is 0. The first-order valence-electron chi connectivity index (χ1n) is 6.90. The summed E-state index contributed by atoms with van der Waals surface area (Å²) in [5.41, 5.74) is 0.0802. The van der Waals surface area contributed by atoms with E-state index in [-0.39, 0.29) is 11.3 Å². The van der Waals surface area contributed by atoms with E-state index in [1.54, 1.807) is 30.3 Å². The van der Waals surface area contributed by atoms with Crippen LogP contribution >= 0.6 is 15.9 Å². The number of fused-ring (bicyclic) bond motifs is 1. The summed E-state index contributed by atoms with van der Waals surface area (Å²) in [7, 11) is 0. The molecule has 1 aromatic heterocycles. The summed E-state index contributed by atoms with van der Waals surface area (Å²) in [6.07, 6.45) is 2.44. The highest BCUT2D eigenvalue weighted by molar-refractivity contribution is 9.10. The van der Waals surface area contributed by atoms with Gasteiger partial charge in [0.15, 0.2) is 0 Å². The normalized spacial score (nSPS) is 11.1. The molecule has 2 aromatic carbocycles. The van der Waals surface area contributed by atoms with E-state index in [0.717, 1.165) is 6.08 Å². The number of esters is 1.